The van der Waals surface area contributed by atoms with Crippen molar-refractivity contribution in [2.75, 3.05) is 46.4 Å². The number of rotatable bonds is 7. The monoisotopic (exact) mass is 328 g/mol. The Morgan fingerprint density at radius 1 is 1.22 bits per heavy atom. The molecule has 0 radical (unpaired) electrons. The van der Waals surface area contributed by atoms with Crippen LogP contribution in [-0.2, 0) is 19.1 Å². The van der Waals surface area contributed by atoms with E-state index < -0.39 is 5.97 Å². The van der Waals surface area contributed by atoms with Crippen LogP contribution in [0.4, 0.5) is 0 Å². The minimum Gasteiger partial charge on any atom is -0.480 e. The highest BCUT2D eigenvalue weighted by molar-refractivity contribution is 5.76. The highest BCUT2D eigenvalue weighted by Gasteiger charge is 2.26. The van der Waals surface area contributed by atoms with Gasteiger partial charge in [0.2, 0.25) is 5.91 Å². The summed E-state index contributed by atoms with van der Waals surface area (Å²) in [6.07, 6.45) is 4.78. The van der Waals surface area contributed by atoms with Gasteiger partial charge in [-0.05, 0) is 32.7 Å². The number of carbonyl (C=O) groups is 2. The smallest absolute Gasteiger partial charge is 0.317 e. The Kier molecular flexibility index (Phi) is 7.26. The summed E-state index contributed by atoms with van der Waals surface area (Å²) in [5.41, 5.74) is 0. The van der Waals surface area contributed by atoms with Gasteiger partial charge >= 0.3 is 5.97 Å². The van der Waals surface area contributed by atoms with E-state index in [0.29, 0.717) is 32.7 Å². The van der Waals surface area contributed by atoms with Gasteiger partial charge in [-0.2, -0.15) is 0 Å². The maximum atomic E-state index is 12.4. The van der Waals surface area contributed by atoms with Crippen LogP contribution in [0.15, 0.2) is 0 Å². The summed E-state index contributed by atoms with van der Waals surface area (Å²) in [5.74, 6) is -0.711. The second kappa shape index (κ2) is 9.20. The summed E-state index contributed by atoms with van der Waals surface area (Å²) in [6, 6.07) is 0. The molecule has 132 valence electrons. The van der Waals surface area contributed by atoms with Gasteiger partial charge in [-0.25, -0.2) is 0 Å². The van der Waals surface area contributed by atoms with E-state index in [9.17, 15) is 9.59 Å². The lowest BCUT2D eigenvalue weighted by atomic mass is 10.0. The lowest BCUT2D eigenvalue weighted by molar-refractivity contribution is -0.143. The van der Waals surface area contributed by atoms with E-state index in [0.717, 1.165) is 25.9 Å². The Morgan fingerprint density at radius 2 is 2.00 bits per heavy atom. The van der Waals surface area contributed by atoms with Crippen molar-refractivity contribution in [2.24, 2.45) is 0 Å². The third-order valence-corrected chi connectivity index (χ3v) is 4.37. The number of carbonyl (C=O) groups excluding carboxylic acids is 1. The maximum absolute atomic E-state index is 12.4. The van der Waals surface area contributed by atoms with Crippen LogP contribution >= 0.6 is 0 Å². The Morgan fingerprint density at radius 3 is 2.70 bits per heavy atom. The van der Waals surface area contributed by atoms with Crippen molar-refractivity contribution in [3.8, 4) is 0 Å². The molecule has 0 aromatic carbocycles. The van der Waals surface area contributed by atoms with Crippen molar-refractivity contribution in [3.05, 3.63) is 0 Å². The molecule has 2 rings (SSSR count). The summed E-state index contributed by atoms with van der Waals surface area (Å²) >= 11 is 0. The van der Waals surface area contributed by atoms with Gasteiger partial charge in [0.25, 0.3) is 0 Å². The molecule has 2 atom stereocenters. The largest absolute Gasteiger partial charge is 0.480 e. The Labute approximate surface area is 137 Å². The molecule has 7 nitrogen and oxygen atoms in total. The molecule has 0 bridgehead atoms. The van der Waals surface area contributed by atoms with Gasteiger partial charge in [0.1, 0.15) is 0 Å². The van der Waals surface area contributed by atoms with E-state index in [2.05, 4.69) is 0 Å². The van der Waals surface area contributed by atoms with Crippen LogP contribution < -0.4 is 0 Å². The molecule has 2 heterocycles. The molecule has 0 spiro atoms. The van der Waals surface area contributed by atoms with Crippen molar-refractivity contribution in [1.82, 2.24) is 9.80 Å². The van der Waals surface area contributed by atoms with Crippen LogP contribution in [0.2, 0.25) is 0 Å². The zero-order chi connectivity index (χ0) is 16.7. The van der Waals surface area contributed by atoms with Crippen LogP contribution in [0.3, 0.4) is 0 Å². The molecule has 0 aromatic rings. The summed E-state index contributed by atoms with van der Waals surface area (Å²) in [7, 11) is 1.75. The van der Waals surface area contributed by atoms with Crippen molar-refractivity contribution in [1.29, 1.82) is 0 Å². The minimum absolute atomic E-state index is 0.0210. The maximum Gasteiger partial charge on any atom is 0.317 e. The van der Waals surface area contributed by atoms with Crippen molar-refractivity contribution in [3.63, 3.8) is 0 Å². The number of aliphatic carboxylic acids is 1. The Balaban J connectivity index is 1.71. The molecule has 2 unspecified atom stereocenters. The third-order valence-electron chi connectivity index (χ3n) is 4.37. The molecule has 2 fully saturated rings. The molecular formula is C16H28N2O5. The van der Waals surface area contributed by atoms with Gasteiger partial charge in [0.05, 0.1) is 25.4 Å². The number of hydrogen-bond donors (Lipinski definition) is 1. The highest BCUT2D eigenvalue weighted by atomic mass is 16.5. The minimum atomic E-state index is -0.858. The average molecular weight is 328 g/mol. The molecule has 2 saturated heterocycles. The first-order chi connectivity index (χ1) is 11.0. The van der Waals surface area contributed by atoms with Gasteiger partial charge in [-0.1, -0.05) is 0 Å². The van der Waals surface area contributed by atoms with Crippen molar-refractivity contribution >= 4 is 11.9 Å². The average Bonchev–Trinajstić information content (AvgIpc) is 2.53. The standard InChI is InChI=1S/C16H28N2O5/c1-17(12-16(20)21)10-14-11-18(7-9-23-14)15(19)6-5-13-4-2-3-8-22-13/h13-14H,2-12H2,1H3,(H,20,21). The molecule has 1 N–H and O–H groups in total. The highest BCUT2D eigenvalue weighted by Crippen LogP contribution is 2.18. The number of carboxylic acid groups (broad SMARTS) is 1. The SMILES string of the molecule is CN(CC(=O)O)CC1CN(C(=O)CCC2CCCCO2)CCO1. The van der Waals surface area contributed by atoms with Crippen LogP contribution in [0, 0.1) is 0 Å². The van der Waals surface area contributed by atoms with Gasteiger partial charge < -0.3 is 19.5 Å². The zero-order valence-electron chi connectivity index (χ0n) is 13.9. The predicted octanol–water partition coefficient (Wildman–Crippen LogP) is 0.580. The van der Waals surface area contributed by atoms with Crippen LogP contribution in [0.5, 0.6) is 0 Å². The molecule has 0 aliphatic carbocycles. The number of amides is 1. The lowest BCUT2D eigenvalue weighted by Crippen LogP contribution is -2.49. The van der Waals surface area contributed by atoms with E-state index in [-0.39, 0.29) is 24.7 Å². The van der Waals surface area contributed by atoms with E-state index >= 15 is 0 Å². The molecule has 2 aliphatic rings. The number of ether oxygens (including phenoxy) is 2. The second-order valence-corrected chi connectivity index (χ2v) is 6.45. The topological polar surface area (TPSA) is 79.3 Å². The summed E-state index contributed by atoms with van der Waals surface area (Å²) in [4.78, 5) is 26.6. The third kappa shape index (κ3) is 6.45. The van der Waals surface area contributed by atoms with Crippen LogP contribution in [0.25, 0.3) is 0 Å². The fourth-order valence-corrected chi connectivity index (χ4v) is 3.18. The van der Waals surface area contributed by atoms with Gasteiger partial charge in [-0.15, -0.1) is 0 Å². The fourth-order valence-electron chi connectivity index (χ4n) is 3.18. The quantitative estimate of drug-likeness (QED) is 0.736. The first-order valence-corrected chi connectivity index (χ1v) is 8.46. The molecule has 2 aliphatic heterocycles. The summed E-state index contributed by atoms with van der Waals surface area (Å²) in [6.45, 7) is 2.97. The molecule has 7 heteroatoms. The number of hydrogen-bond acceptors (Lipinski definition) is 5. The van der Waals surface area contributed by atoms with Crippen molar-refractivity contribution in [2.45, 2.75) is 44.3 Å². The number of morpholine rings is 1. The van der Waals surface area contributed by atoms with Gasteiger partial charge in [0.15, 0.2) is 0 Å². The summed E-state index contributed by atoms with van der Waals surface area (Å²) in [5, 5.41) is 8.79. The van der Waals surface area contributed by atoms with Crippen LogP contribution in [-0.4, -0.2) is 85.4 Å². The van der Waals surface area contributed by atoms with Gasteiger partial charge in [0, 0.05) is 32.7 Å². The molecule has 1 amide bonds. The molecule has 23 heavy (non-hydrogen) atoms. The molecule has 0 aromatic heterocycles. The predicted molar refractivity (Wildman–Crippen MR) is 84.3 cm³/mol. The molecule has 0 saturated carbocycles. The Bertz CT molecular complexity index is 398. The van der Waals surface area contributed by atoms with E-state index in [4.69, 9.17) is 14.6 Å². The van der Waals surface area contributed by atoms with E-state index in [1.807, 2.05) is 4.90 Å². The number of likely N-dealkylation sites (N-methyl/N-ethyl adjacent to an activating group) is 1. The van der Waals surface area contributed by atoms with Crippen LogP contribution in [0.1, 0.15) is 32.1 Å². The normalized spacial score (nSPS) is 25.6. The fraction of sp³-hybridized carbons (Fsp3) is 0.875. The molecular weight excluding hydrogens is 300 g/mol. The lowest BCUT2D eigenvalue weighted by Gasteiger charge is -2.35. The Hall–Kier alpha value is -1.18. The van der Waals surface area contributed by atoms with Gasteiger partial charge in [-0.3, -0.25) is 14.5 Å². The number of carboxylic acids is 1. The van der Waals surface area contributed by atoms with E-state index in [1.165, 1.54) is 6.42 Å². The van der Waals surface area contributed by atoms with Crippen molar-refractivity contribution < 1.29 is 24.2 Å². The summed E-state index contributed by atoms with van der Waals surface area (Å²) < 4.78 is 11.3. The van der Waals surface area contributed by atoms with E-state index in [1.54, 1.807) is 11.9 Å². The number of nitrogens with zero attached hydrogens (tertiary/aromatic N) is 2. The first kappa shape index (κ1) is 18.2. The first-order valence-electron chi connectivity index (χ1n) is 8.46. The second-order valence-electron chi connectivity index (χ2n) is 6.45. The zero-order valence-corrected chi connectivity index (χ0v) is 13.9.